The second-order valence-corrected chi connectivity index (χ2v) is 4.54. The van der Waals surface area contributed by atoms with Crippen LogP contribution in [0.2, 0.25) is 10.0 Å². The fraction of sp³-hybridized carbons (Fsp3) is 0.333. The molecule has 0 amide bonds. The molecule has 0 aliphatic rings. The van der Waals surface area contributed by atoms with Crippen molar-refractivity contribution in [3.8, 4) is 0 Å². The minimum absolute atomic E-state index is 0.0895. The highest BCUT2D eigenvalue weighted by molar-refractivity contribution is 7.81. The van der Waals surface area contributed by atoms with E-state index in [1.165, 1.54) is 5.38 Å². The summed E-state index contributed by atoms with van der Waals surface area (Å²) in [5.41, 5.74) is 0. The monoisotopic (exact) mass is 261 g/mol. The molecule has 0 saturated carbocycles. The molecule has 0 aromatic carbocycles. The molecule has 1 atom stereocenters. The summed E-state index contributed by atoms with van der Waals surface area (Å²) < 4.78 is 20.7. The molecule has 0 radical (unpaired) electrons. The summed E-state index contributed by atoms with van der Waals surface area (Å²) in [4.78, 5) is 0. The predicted octanol–water partition coefficient (Wildman–Crippen LogP) is 2.29. The second-order valence-electron chi connectivity index (χ2n) is 1.74. The summed E-state index contributed by atoms with van der Waals surface area (Å²) in [6.45, 7) is 1.93. The normalized spacial score (nSPS) is 11.8. The Kier molecular flexibility index (Phi) is 6.93. The van der Waals surface area contributed by atoms with E-state index in [4.69, 9.17) is 28.3 Å². The van der Waals surface area contributed by atoms with Gasteiger partial charge in [0, 0.05) is 12.0 Å². The van der Waals surface area contributed by atoms with Gasteiger partial charge in [-0.1, -0.05) is 23.2 Å². The van der Waals surface area contributed by atoms with Crippen molar-refractivity contribution < 1.29 is 13.9 Å². The third-order valence-corrected chi connectivity index (χ3v) is 3.93. The maximum Gasteiger partial charge on any atom is 0.0973 e. The second kappa shape index (κ2) is 6.75. The van der Waals surface area contributed by atoms with E-state index in [1.54, 1.807) is 6.92 Å². The summed E-state index contributed by atoms with van der Waals surface area (Å²) in [7, 11) is 0. The van der Waals surface area contributed by atoms with Crippen molar-refractivity contribution >= 4 is 45.6 Å². The molecule has 0 spiro atoms. The largest absolute Gasteiger partial charge is 0.768 e. The maximum absolute atomic E-state index is 10.3. The van der Waals surface area contributed by atoms with Gasteiger partial charge >= 0.3 is 0 Å². The van der Waals surface area contributed by atoms with Crippen LogP contribution in [0.4, 0.5) is 0 Å². The molecule has 0 saturated heterocycles. The third kappa shape index (κ3) is 4.39. The van der Waals surface area contributed by atoms with Crippen LogP contribution in [0.3, 0.4) is 0 Å². The van der Waals surface area contributed by atoms with Gasteiger partial charge in [0.25, 0.3) is 0 Å². The van der Waals surface area contributed by atoms with Crippen molar-refractivity contribution in [3.63, 3.8) is 0 Å². The van der Waals surface area contributed by atoms with E-state index >= 15 is 0 Å². The minimum atomic E-state index is -2.27. The van der Waals surface area contributed by atoms with Gasteiger partial charge in [0.05, 0.1) is 14.3 Å². The lowest BCUT2D eigenvalue weighted by molar-refractivity contribution is 0.318. The highest BCUT2D eigenvalue weighted by atomic mass is 35.5. The molecule has 3 nitrogen and oxygen atoms in total. The lowest BCUT2D eigenvalue weighted by atomic mass is 10.7. The zero-order valence-electron chi connectivity index (χ0n) is 6.62. The van der Waals surface area contributed by atoms with E-state index in [0.29, 0.717) is 0 Å². The first-order valence-corrected chi connectivity index (χ1v) is 5.88. The fourth-order valence-electron chi connectivity index (χ4n) is 0.419. The van der Waals surface area contributed by atoms with E-state index in [2.05, 4.69) is 0 Å². The molecule has 1 rings (SSSR count). The smallest absolute Gasteiger partial charge is 0.0973 e. The van der Waals surface area contributed by atoms with Gasteiger partial charge in [0.1, 0.15) is 0 Å². The maximum atomic E-state index is 10.3. The van der Waals surface area contributed by atoms with Gasteiger partial charge in [-0.3, -0.25) is 4.21 Å². The first kappa shape index (κ1) is 13.4. The summed E-state index contributed by atoms with van der Waals surface area (Å²) in [6.07, 6.45) is 0. The van der Waals surface area contributed by atoms with Crippen molar-refractivity contribution in [2.75, 3.05) is 6.61 Å². The summed E-state index contributed by atoms with van der Waals surface area (Å²) in [5.74, 6) is 0. The number of aliphatic hydroxyl groups excluding tert-OH is 1. The molecule has 0 aliphatic carbocycles. The van der Waals surface area contributed by atoms with Crippen LogP contribution < -0.4 is 0 Å². The lowest BCUT2D eigenvalue weighted by Gasteiger charge is -1.99. The molecular weight excluding hydrogens is 255 g/mol. The third-order valence-electron chi connectivity index (χ3n) is 0.810. The Morgan fingerprint density at radius 2 is 2.15 bits per heavy atom. The standard InChI is InChI=1S/C4H2Cl2O2S2.C2H6O/c5-2-1-9-4(3(2)6)10(7)8;1-2-3/h1H,(H,7,8);3H,2H2,1H3/p-1. The Labute approximate surface area is 92.6 Å². The Bertz CT molecular complexity index is 287. The molecule has 0 aliphatic heterocycles. The van der Waals surface area contributed by atoms with E-state index in [-0.39, 0.29) is 20.9 Å². The van der Waals surface area contributed by atoms with Crippen molar-refractivity contribution in [2.24, 2.45) is 0 Å². The van der Waals surface area contributed by atoms with Gasteiger partial charge in [0.2, 0.25) is 0 Å². The molecule has 1 heterocycles. The first-order chi connectivity index (χ1) is 6.04. The van der Waals surface area contributed by atoms with Crippen molar-refractivity contribution in [2.45, 2.75) is 11.1 Å². The predicted molar refractivity (Wildman–Crippen MR) is 54.3 cm³/mol. The average molecular weight is 262 g/mol. The van der Waals surface area contributed by atoms with Crippen LogP contribution in [-0.4, -0.2) is 20.5 Å². The quantitative estimate of drug-likeness (QED) is 0.790. The van der Waals surface area contributed by atoms with Gasteiger partial charge in [-0.05, 0) is 18.0 Å². The van der Waals surface area contributed by atoms with Crippen molar-refractivity contribution in [1.82, 2.24) is 0 Å². The first-order valence-electron chi connectivity index (χ1n) is 3.17. The van der Waals surface area contributed by atoms with Crippen molar-refractivity contribution in [1.29, 1.82) is 0 Å². The summed E-state index contributed by atoms with van der Waals surface area (Å²) in [5, 5.41) is 9.44. The molecule has 7 heteroatoms. The van der Waals surface area contributed by atoms with Gasteiger partial charge < -0.3 is 9.66 Å². The van der Waals surface area contributed by atoms with Crippen LogP contribution in [-0.2, 0) is 11.1 Å². The van der Waals surface area contributed by atoms with Gasteiger partial charge in [-0.2, -0.15) is 0 Å². The Hall–Kier alpha value is 0.350. The SMILES string of the molecule is CCO.O=S([O-])c1scc(Cl)c1Cl. The molecule has 1 aromatic heterocycles. The molecule has 1 N–H and O–H groups in total. The molecule has 1 unspecified atom stereocenters. The van der Waals surface area contributed by atoms with Crippen LogP contribution >= 0.6 is 34.5 Å². The Morgan fingerprint density at radius 3 is 2.31 bits per heavy atom. The molecular formula is C6H7Cl2O3S2-. The molecule has 13 heavy (non-hydrogen) atoms. The number of rotatable bonds is 1. The van der Waals surface area contributed by atoms with E-state index < -0.39 is 11.1 Å². The summed E-state index contributed by atoms with van der Waals surface area (Å²) >= 11 is 9.71. The Morgan fingerprint density at radius 1 is 1.69 bits per heavy atom. The highest BCUT2D eigenvalue weighted by Gasteiger charge is 2.06. The van der Waals surface area contributed by atoms with Gasteiger partial charge in [0.15, 0.2) is 0 Å². The minimum Gasteiger partial charge on any atom is -0.768 e. The molecule has 76 valence electrons. The molecule has 1 aromatic rings. The van der Waals surface area contributed by atoms with E-state index in [9.17, 15) is 8.76 Å². The van der Waals surface area contributed by atoms with Crippen molar-refractivity contribution in [3.05, 3.63) is 15.4 Å². The van der Waals surface area contributed by atoms with Crippen LogP contribution in [0.1, 0.15) is 6.92 Å². The molecule has 0 fully saturated rings. The number of thiophene rings is 1. The number of aliphatic hydroxyl groups is 1. The zero-order chi connectivity index (χ0) is 10.4. The van der Waals surface area contributed by atoms with Crippen LogP contribution in [0.15, 0.2) is 9.59 Å². The number of halogens is 2. The van der Waals surface area contributed by atoms with Crippen LogP contribution in [0, 0.1) is 0 Å². The average Bonchev–Trinajstić information content (AvgIpc) is 2.34. The van der Waals surface area contributed by atoms with Gasteiger partial charge in [-0.15, -0.1) is 11.3 Å². The van der Waals surface area contributed by atoms with Crippen LogP contribution in [0.5, 0.6) is 0 Å². The number of hydrogen-bond donors (Lipinski definition) is 1. The highest BCUT2D eigenvalue weighted by Crippen LogP contribution is 2.33. The Balaban J connectivity index is 0.000000424. The van der Waals surface area contributed by atoms with E-state index in [1.807, 2.05) is 0 Å². The number of hydrogen-bond acceptors (Lipinski definition) is 4. The fourth-order valence-corrected chi connectivity index (χ4v) is 2.46. The molecule has 0 bridgehead atoms. The topological polar surface area (TPSA) is 60.4 Å². The van der Waals surface area contributed by atoms with Gasteiger partial charge in [-0.25, -0.2) is 0 Å². The zero-order valence-corrected chi connectivity index (χ0v) is 9.77. The summed E-state index contributed by atoms with van der Waals surface area (Å²) in [6, 6.07) is 0. The lowest BCUT2D eigenvalue weighted by Crippen LogP contribution is -1.83. The van der Waals surface area contributed by atoms with E-state index in [0.717, 1.165) is 11.3 Å². The van der Waals surface area contributed by atoms with Crippen LogP contribution in [0.25, 0.3) is 0 Å².